The number of aryl methyl sites for hydroxylation is 1. The molecule has 2 N–H and O–H groups in total. The minimum Gasteiger partial charge on any atom is -0.333 e. The van der Waals surface area contributed by atoms with E-state index in [0.717, 1.165) is 19.1 Å². The molecule has 0 aromatic carbocycles. The highest BCUT2D eigenvalue weighted by Crippen LogP contribution is 2.34. The maximum Gasteiger partial charge on any atom is 0.0948 e. The van der Waals surface area contributed by atoms with Crippen molar-refractivity contribution in [3.8, 4) is 0 Å². The zero-order chi connectivity index (χ0) is 13.0. The van der Waals surface area contributed by atoms with Crippen molar-refractivity contribution >= 4 is 0 Å². The summed E-state index contributed by atoms with van der Waals surface area (Å²) in [6.45, 7) is 7.23. The van der Waals surface area contributed by atoms with Gasteiger partial charge in [0.05, 0.1) is 18.1 Å². The van der Waals surface area contributed by atoms with Crippen molar-refractivity contribution in [2.45, 2.75) is 58.2 Å². The Labute approximate surface area is 110 Å². The maximum atomic E-state index is 6.04. The Morgan fingerprint density at radius 3 is 2.83 bits per heavy atom. The van der Waals surface area contributed by atoms with Crippen LogP contribution >= 0.6 is 0 Å². The van der Waals surface area contributed by atoms with Crippen LogP contribution in [0.4, 0.5) is 0 Å². The van der Waals surface area contributed by atoms with Crippen molar-refractivity contribution in [1.82, 2.24) is 14.5 Å². The number of hydrogen-bond acceptors (Lipinski definition) is 3. The molecule has 1 atom stereocenters. The molecule has 4 heteroatoms. The summed E-state index contributed by atoms with van der Waals surface area (Å²) in [5.41, 5.74) is 7.32. The third-order valence-electron chi connectivity index (χ3n) is 3.84. The molecule has 1 heterocycles. The van der Waals surface area contributed by atoms with E-state index in [1.165, 1.54) is 31.4 Å². The molecule has 2 rings (SSSR count). The third-order valence-corrected chi connectivity index (χ3v) is 3.84. The Bertz CT molecular complexity index is 356. The van der Waals surface area contributed by atoms with Gasteiger partial charge in [-0.3, -0.25) is 4.90 Å². The summed E-state index contributed by atoms with van der Waals surface area (Å²) in [6, 6.07) is 1.09. The fraction of sp³-hybridized carbons (Fsp3) is 0.786. The van der Waals surface area contributed by atoms with E-state index in [-0.39, 0.29) is 0 Å². The minimum absolute atomic E-state index is 0.339. The first-order chi connectivity index (χ1) is 8.81. The number of nitrogens with zero attached hydrogens (tertiary/aromatic N) is 3. The molecular weight excluding hydrogens is 224 g/mol. The number of hydrogen-bond donors (Lipinski definition) is 1. The second-order valence-electron chi connectivity index (χ2n) is 5.18. The van der Waals surface area contributed by atoms with Gasteiger partial charge in [-0.2, -0.15) is 0 Å². The van der Waals surface area contributed by atoms with E-state index in [0.29, 0.717) is 12.6 Å². The van der Waals surface area contributed by atoms with Crippen molar-refractivity contribution in [2.24, 2.45) is 5.73 Å². The summed E-state index contributed by atoms with van der Waals surface area (Å²) in [6.07, 6.45) is 9.08. The lowest BCUT2D eigenvalue weighted by Crippen LogP contribution is -2.37. The summed E-state index contributed by atoms with van der Waals surface area (Å²) in [7, 11) is 0. The van der Waals surface area contributed by atoms with E-state index in [2.05, 4.69) is 28.3 Å². The Hall–Kier alpha value is -0.870. The fourth-order valence-corrected chi connectivity index (χ4v) is 2.64. The molecule has 102 valence electrons. The van der Waals surface area contributed by atoms with Crippen LogP contribution in [-0.4, -0.2) is 33.6 Å². The quantitative estimate of drug-likeness (QED) is 0.769. The van der Waals surface area contributed by atoms with Crippen molar-refractivity contribution in [2.75, 3.05) is 13.1 Å². The maximum absolute atomic E-state index is 6.04. The summed E-state index contributed by atoms with van der Waals surface area (Å²) in [5, 5.41) is 0. The average Bonchev–Trinajstić information content (AvgIpc) is 3.12. The summed E-state index contributed by atoms with van der Waals surface area (Å²) in [4.78, 5) is 6.89. The van der Waals surface area contributed by atoms with Gasteiger partial charge in [-0.25, -0.2) is 4.98 Å². The molecule has 1 unspecified atom stereocenters. The van der Waals surface area contributed by atoms with Crippen molar-refractivity contribution in [3.63, 3.8) is 0 Å². The SMILES string of the molecule is CCCCN(C1CC1)C(CN)c1cncn1CC. The Morgan fingerprint density at radius 1 is 1.50 bits per heavy atom. The molecule has 0 amide bonds. The first kappa shape index (κ1) is 13.6. The van der Waals surface area contributed by atoms with Gasteiger partial charge in [0.15, 0.2) is 0 Å². The molecule has 0 radical (unpaired) electrons. The van der Waals surface area contributed by atoms with Gasteiger partial charge in [-0.15, -0.1) is 0 Å². The molecule has 0 bridgehead atoms. The molecule has 0 aliphatic heterocycles. The van der Waals surface area contributed by atoms with Crippen LogP contribution in [0.25, 0.3) is 0 Å². The highest BCUT2D eigenvalue weighted by atomic mass is 15.2. The molecule has 1 aliphatic rings. The molecule has 1 fully saturated rings. The fourth-order valence-electron chi connectivity index (χ4n) is 2.64. The number of aromatic nitrogens is 2. The highest BCUT2D eigenvalue weighted by Gasteiger charge is 2.34. The number of rotatable bonds is 8. The van der Waals surface area contributed by atoms with Gasteiger partial charge in [0.25, 0.3) is 0 Å². The van der Waals surface area contributed by atoms with Crippen molar-refractivity contribution in [3.05, 3.63) is 18.2 Å². The van der Waals surface area contributed by atoms with Gasteiger partial charge in [0.1, 0.15) is 0 Å². The van der Waals surface area contributed by atoms with Gasteiger partial charge in [-0.1, -0.05) is 13.3 Å². The monoisotopic (exact) mass is 250 g/mol. The predicted molar refractivity (Wildman–Crippen MR) is 74.3 cm³/mol. The molecule has 1 aliphatic carbocycles. The summed E-state index contributed by atoms with van der Waals surface area (Å²) in [5.74, 6) is 0. The second-order valence-corrected chi connectivity index (χ2v) is 5.18. The molecule has 4 nitrogen and oxygen atoms in total. The predicted octanol–water partition coefficient (Wildman–Crippen LogP) is 2.17. The molecule has 1 saturated carbocycles. The normalized spacial score (nSPS) is 17.3. The van der Waals surface area contributed by atoms with Crippen molar-refractivity contribution in [1.29, 1.82) is 0 Å². The van der Waals surface area contributed by atoms with Gasteiger partial charge >= 0.3 is 0 Å². The van der Waals surface area contributed by atoms with Crippen LogP contribution in [0.15, 0.2) is 12.5 Å². The second kappa shape index (κ2) is 6.34. The van der Waals surface area contributed by atoms with Crippen LogP contribution in [0, 0.1) is 0 Å². The lowest BCUT2D eigenvalue weighted by Gasteiger charge is -2.31. The van der Waals surface area contributed by atoms with Gasteiger partial charge < -0.3 is 10.3 Å². The summed E-state index contributed by atoms with van der Waals surface area (Å²) < 4.78 is 2.22. The molecule has 1 aromatic heterocycles. The zero-order valence-electron chi connectivity index (χ0n) is 11.7. The molecule has 18 heavy (non-hydrogen) atoms. The Balaban J connectivity index is 2.14. The lowest BCUT2D eigenvalue weighted by atomic mass is 10.1. The van der Waals surface area contributed by atoms with E-state index in [1.54, 1.807) is 0 Å². The van der Waals surface area contributed by atoms with Crippen molar-refractivity contribution < 1.29 is 0 Å². The standard InChI is InChI=1S/C14H26N4/c1-3-5-8-18(12-6-7-12)13(9-15)14-10-16-11-17(14)4-2/h10-13H,3-9,15H2,1-2H3. The Morgan fingerprint density at radius 2 is 2.28 bits per heavy atom. The smallest absolute Gasteiger partial charge is 0.0948 e. The largest absolute Gasteiger partial charge is 0.333 e. The van der Waals surface area contributed by atoms with E-state index in [1.807, 2.05) is 12.5 Å². The van der Waals surface area contributed by atoms with Crippen LogP contribution in [0.5, 0.6) is 0 Å². The van der Waals surface area contributed by atoms with Crippen LogP contribution in [-0.2, 0) is 6.54 Å². The molecular formula is C14H26N4. The molecule has 1 aromatic rings. The third kappa shape index (κ3) is 2.93. The van der Waals surface area contributed by atoms with Crippen LogP contribution in [0.3, 0.4) is 0 Å². The molecule has 0 spiro atoms. The van der Waals surface area contributed by atoms with Gasteiger partial charge in [-0.05, 0) is 32.7 Å². The minimum atomic E-state index is 0.339. The Kier molecular flexibility index (Phi) is 4.78. The van der Waals surface area contributed by atoms with E-state index in [4.69, 9.17) is 5.73 Å². The van der Waals surface area contributed by atoms with Crippen LogP contribution in [0.1, 0.15) is 51.3 Å². The van der Waals surface area contributed by atoms with E-state index >= 15 is 0 Å². The number of unbranched alkanes of at least 4 members (excludes halogenated alkanes) is 1. The van der Waals surface area contributed by atoms with Crippen LogP contribution in [0.2, 0.25) is 0 Å². The zero-order valence-corrected chi connectivity index (χ0v) is 11.7. The lowest BCUT2D eigenvalue weighted by molar-refractivity contribution is 0.181. The average molecular weight is 250 g/mol. The first-order valence-electron chi connectivity index (χ1n) is 7.27. The topological polar surface area (TPSA) is 47.1 Å². The van der Waals surface area contributed by atoms with Gasteiger partial charge in [0.2, 0.25) is 0 Å². The van der Waals surface area contributed by atoms with Gasteiger partial charge in [0, 0.05) is 25.3 Å². The highest BCUT2D eigenvalue weighted by molar-refractivity contribution is 5.08. The summed E-state index contributed by atoms with van der Waals surface area (Å²) >= 11 is 0. The van der Waals surface area contributed by atoms with E-state index < -0.39 is 0 Å². The van der Waals surface area contributed by atoms with Crippen LogP contribution < -0.4 is 5.73 Å². The first-order valence-corrected chi connectivity index (χ1v) is 7.27. The number of imidazole rings is 1. The van der Waals surface area contributed by atoms with E-state index in [9.17, 15) is 0 Å². The molecule has 0 saturated heterocycles. The number of nitrogens with two attached hydrogens (primary N) is 1.